The van der Waals surface area contributed by atoms with Crippen LogP contribution in [0.4, 0.5) is 5.69 Å². The summed E-state index contributed by atoms with van der Waals surface area (Å²) >= 11 is -3.76. The third kappa shape index (κ3) is 7.22. The lowest BCUT2D eigenvalue weighted by molar-refractivity contribution is -1.63. The topological polar surface area (TPSA) is 66.3 Å². The lowest BCUT2D eigenvalue weighted by Gasteiger charge is -2.22. The van der Waals surface area contributed by atoms with Gasteiger partial charge < -0.3 is 6.87 Å². The van der Waals surface area contributed by atoms with Gasteiger partial charge in [-0.1, -0.05) is 18.2 Å². The molecule has 0 fully saturated rings. The minimum atomic E-state index is -3.76. The van der Waals surface area contributed by atoms with E-state index < -0.39 is 21.1 Å². The van der Waals surface area contributed by atoms with E-state index in [0.717, 1.165) is 4.48 Å². The fraction of sp³-hybridized carbons (Fsp3) is 0.333. The molecule has 0 aliphatic carbocycles. The molecule has 0 aliphatic heterocycles. The molecule has 0 spiro atoms. The number of rotatable bonds is 1. The van der Waals surface area contributed by atoms with Crippen LogP contribution < -0.4 is 32.4 Å². The van der Waals surface area contributed by atoms with Gasteiger partial charge in [-0.2, -0.15) is 0 Å². The van der Waals surface area contributed by atoms with Crippen LogP contribution in [0, 0.1) is 0 Å². The van der Waals surface area contributed by atoms with Gasteiger partial charge >= 0.3 is 21.1 Å². The number of hydrogen-bond donors (Lipinski definition) is 1. The van der Waals surface area contributed by atoms with Crippen molar-refractivity contribution in [3.8, 4) is 0 Å². The minimum Gasteiger partial charge on any atom is -0.396 e. The molecule has 0 atom stereocenters. The first kappa shape index (κ1) is 13.8. The zero-order chi connectivity index (χ0) is 11.2. The van der Waals surface area contributed by atoms with E-state index in [1.807, 2.05) is 6.07 Å². The van der Waals surface area contributed by atoms with E-state index in [0.29, 0.717) is 0 Å². The number of hydrogen-bond acceptors (Lipinski definition) is 3. The van der Waals surface area contributed by atoms with Gasteiger partial charge in [-0.3, -0.25) is 4.48 Å². The predicted molar refractivity (Wildman–Crippen MR) is 48.2 cm³/mol. The Labute approximate surface area is 93.0 Å². The molecule has 14 heavy (non-hydrogen) atoms. The molecule has 0 amide bonds. The molecule has 1 aromatic carbocycles. The van der Waals surface area contributed by atoms with Crippen LogP contribution in [0.2, 0.25) is 0 Å². The quantitative estimate of drug-likeness (QED) is 0.424. The van der Waals surface area contributed by atoms with Crippen LogP contribution >= 0.6 is 0 Å². The largest absolute Gasteiger partial charge is 0.503 e. The Bertz CT molecular complexity index is 243. The van der Waals surface area contributed by atoms with Gasteiger partial charge in [-0.05, 0) is 15.6 Å². The molecule has 0 saturated heterocycles. The summed E-state index contributed by atoms with van der Waals surface area (Å²) < 4.78 is 25.4. The first-order valence-electron chi connectivity index (χ1n) is 3.95. The van der Waals surface area contributed by atoms with Crippen LogP contribution in [-0.2, 0) is 0 Å². The lowest BCUT2D eigenvalue weighted by Crippen LogP contribution is -3.98. The van der Waals surface area contributed by atoms with E-state index in [1.165, 1.54) is 5.69 Å². The zero-order valence-corrected chi connectivity index (χ0v) is 10.6. The van der Waals surface area contributed by atoms with Gasteiger partial charge in [0.2, 0.25) is 0 Å². The highest BCUT2D eigenvalue weighted by Gasteiger charge is 2.08. The molecule has 0 unspecified atom stereocenters. The number of nitrogens with zero attached hydrogens (tertiary/aromatic N) is 1. The standard InChI is InChI=1S/C9H14N.HIO3/c1-10(2,3)9-7-5-4-6-8-9;2-1(3)4/h4-8H,1-3H3;2H/q+1;. The van der Waals surface area contributed by atoms with Crippen LogP contribution in [-0.4, -0.2) is 24.6 Å². The summed E-state index contributed by atoms with van der Waals surface area (Å²) in [7, 11) is 6.49. The summed E-state index contributed by atoms with van der Waals surface area (Å²) in [4.78, 5) is 0. The summed E-state index contributed by atoms with van der Waals surface area (Å²) in [6, 6.07) is 10.5. The van der Waals surface area contributed by atoms with Gasteiger partial charge in [0.05, 0.1) is 21.1 Å². The van der Waals surface area contributed by atoms with Crippen molar-refractivity contribution in [2.45, 2.75) is 0 Å². The third-order valence-corrected chi connectivity index (χ3v) is 1.53. The maximum atomic E-state index is 8.68. The van der Waals surface area contributed by atoms with Crippen molar-refractivity contribution in [2.75, 3.05) is 21.1 Å². The Morgan fingerprint density at radius 2 is 1.43 bits per heavy atom. The maximum Gasteiger partial charge on any atom is 0.503 e. The first-order chi connectivity index (χ1) is 6.34. The van der Waals surface area contributed by atoms with Crippen molar-refractivity contribution >= 4 is 5.69 Å². The van der Waals surface area contributed by atoms with E-state index in [4.69, 9.17) is 10.3 Å². The van der Waals surface area contributed by atoms with Crippen LogP contribution in [0.5, 0.6) is 0 Å². The Kier molecular flexibility index (Phi) is 6.21. The fourth-order valence-corrected chi connectivity index (χ4v) is 0.875. The van der Waals surface area contributed by atoms with E-state index >= 15 is 0 Å². The highest BCUT2D eigenvalue weighted by Crippen LogP contribution is 2.14. The molecule has 1 N–H and O–H groups in total. The number of halogens is 1. The monoisotopic (exact) mass is 312 g/mol. The molecule has 0 aliphatic rings. The van der Waals surface area contributed by atoms with Crippen molar-refractivity contribution in [2.24, 2.45) is 0 Å². The average molecular weight is 312 g/mol. The van der Waals surface area contributed by atoms with E-state index in [1.54, 1.807) is 0 Å². The highest BCUT2D eigenvalue weighted by atomic mass is 127. The summed E-state index contributed by atoms with van der Waals surface area (Å²) in [5.41, 5.74) is 1.34. The molecule has 1 aromatic rings. The summed E-state index contributed by atoms with van der Waals surface area (Å²) in [6.45, 7) is 0. The van der Waals surface area contributed by atoms with Crippen molar-refractivity contribution in [3.63, 3.8) is 0 Å². The van der Waals surface area contributed by atoms with E-state index in [2.05, 4.69) is 45.4 Å². The van der Waals surface area contributed by atoms with Crippen molar-refractivity contribution in [1.29, 1.82) is 0 Å². The SMILES string of the molecule is C[N+](C)(C)c1ccccc1.[O-][I+2]([O-])O. The summed E-state index contributed by atoms with van der Waals surface area (Å²) in [5.74, 6) is 0. The van der Waals surface area contributed by atoms with Gasteiger partial charge in [0.1, 0.15) is 5.69 Å². The molecule has 0 heterocycles. The van der Waals surface area contributed by atoms with Gasteiger partial charge in [-0.15, -0.1) is 0 Å². The molecule has 0 saturated carbocycles. The Balaban J connectivity index is 0.000000364. The second kappa shape index (κ2) is 6.31. The molecule has 1 rings (SSSR count). The van der Waals surface area contributed by atoms with Gasteiger partial charge in [0, 0.05) is 0 Å². The molecular weight excluding hydrogens is 297 g/mol. The van der Waals surface area contributed by atoms with E-state index in [9.17, 15) is 0 Å². The highest BCUT2D eigenvalue weighted by molar-refractivity contribution is 5.40. The fourth-order valence-electron chi connectivity index (χ4n) is 0.875. The van der Waals surface area contributed by atoms with Gasteiger partial charge in [-0.25, -0.2) is 0 Å². The predicted octanol–water partition coefficient (Wildman–Crippen LogP) is -4.05. The Hall–Kier alpha value is -0.210. The number of benzene rings is 1. The maximum absolute atomic E-state index is 8.68. The smallest absolute Gasteiger partial charge is 0.396 e. The Morgan fingerprint density at radius 3 is 1.64 bits per heavy atom. The average Bonchev–Trinajstić information content (AvgIpc) is 2.03. The molecule has 0 radical (unpaired) electrons. The van der Waals surface area contributed by atoms with E-state index in [-0.39, 0.29) is 0 Å². The molecule has 4 nitrogen and oxygen atoms in total. The summed E-state index contributed by atoms with van der Waals surface area (Å²) in [6.07, 6.45) is 0. The summed E-state index contributed by atoms with van der Waals surface area (Å²) in [5, 5.41) is 0. The first-order valence-corrected chi connectivity index (χ1v) is 6.68. The van der Waals surface area contributed by atoms with Crippen molar-refractivity contribution in [3.05, 3.63) is 30.3 Å². The van der Waals surface area contributed by atoms with Crippen LogP contribution in [0.25, 0.3) is 0 Å². The lowest BCUT2D eigenvalue weighted by atomic mass is 10.3. The second-order valence-corrected chi connectivity index (χ2v) is 4.70. The third-order valence-electron chi connectivity index (χ3n) is 1.53. The zero-order valence-electron chi connectivity index (χ0n) is 8.48. The minimum absolute atomic E-state index is 0.890. The van der Waals surface area contributed by atoms with Gasteiger partial charge in [0.25, 0.3) is 0 Å². The van der Waals surface area contributed by atoms with Crippen LogP contribution in [0.3, 0.4) is 0 Å². The molecule has 0 bridgehead atoms. The normalized spacial score (nSPS) is 10.8. The number of quaternary nitrogens is 1. The molecule has 0 aromatic heterocycles. The second-order valence-electron chi connectivity index (χ2n) is 3.55. The number of para-hydroxylation sites is 1. The molecule has 5 heteroatoms. The molecular formula is C9H15INO3+. The molecule has 80 valence electrons. The van der Waals surface area contributed by atoms with Crippen LogP contribution in [0.15, 0.2) is 30.3 Å². The van der Waals surface area contributed by atoms with Crippen molar-refractivity contribution < 1.29 is 31.4 Å². The van der Waals surface area contributed by atoms with Crippen molar-refractivity contribution in [1.82, 2.24) is 4.48 Å². The Morgan fingerprint density at radius 1 is 1.07 bits per heavy atom. The van der Waals surface area contributed by atoms with Crippen LogP contribution in [0.1, 0.15) is 0 Å². The van der Waals surface area contributed by atoms with Gasteiger partial charge in [0.15, 0.2) is 0 Å².